The van der Waals surface area contributed by atoms with Gasteiger partial charge in [0, 0.05) is 6.54 Å². The van der Waals surface area contributed by atoms with Crippen LogP contribution in [0.3, 0.4) is 0 Å². The molecule has 1 aliphatic carbocycles. The summed E-state index contributed by atoms with van der Waals surface area (Å²) in [4.78, 5) is 10.8. The Morgan fingerprint density at radius 2 is 2.18 bits per heavy atom. The van der Waals surface area contributed by atoms with E-state index >= 15 is 0 Å². The first-order chi connectivity index (χ1) is 7.93. The minimum absolute atomic E-state index is 0.140. The Hall–Kier alpha value is -0.660. The fraction of sp³-hybridized carbons (Fsp3) is 0.900. The second-order valence-corrected chi connectivity index (χ2v) is 6.25. The highest BCUT2D eigenvalue weighted by Crippen LogP contribution is 2.24. The molecule has 17 heavy (non-hydrogen) atoms. The maximum absolute atomic E-state index is 11.5. The normalized spacial score (nSPS) is 24.8. The summed E-state index contributed by atoms with van der Waals surface area (Å²) in [6, 6.07) is 0. The number of nitrogens with one attached hydrogen (secondary N) is 1. The van der Waals surface area contributed by atoms with E-state index < -0.39 is 16.0 Å². The molecule has 0 bridgehead atoms. The smallest absolute Gasteiger partial charge is 0.306 e. The number of ether oxygens (including phenoxy) is 1. The fourth-order valence-corrected chi connectivity index (χ4v) is 2.94. The highest BCUT2D eigenvalue weighted by atomic mass is 32.2. The lowest BCUT2D eigenvalue weighted by atomic mass is 10.1. The Morgan fingerprint density at radius 1 is 1.47 bits per heavy atom. The highest BCUT2D eigenvalue weighted by Gasteiger charge is 2.24. The minimum Gasteiger partial charge on any atom is -0.469 e. The summed E-state index contributed by atoms with van der Waals surface area (Å²) in [7, 11) is -2.20. The maximum Gasteiger partial charge on any atom is 0.306 e. The second kappa shape index (κ2) is 6.32. The van der Waals surface area contributed by atoms with Crippen LogP contribution in [0.15, 0.2) is 0 Å². The molecule has 1 saturated carbocycles. The zero-order valence-electron chi connectivity index (χ0n) is 9.89. The Bertz CT molecular complexity index is 354. The summed E-state index contributed by atoms with van der Waals surface area (Å²) in [6.07, 6.45) is 1.76. The molecule has 2 N–H and O–H groups in total. The summed E-state index contributed by atoms with van der Waals surface area (Å²) < 4.78 is 29.8. The summed E-state index contributed by atoms with van der Waals surface area (Å²) in [5.74, 6) is -0.598. The molecule has 0 spiro atoms. The molecule has 0 aliphatic heterocycles. The van der Waals surface area contributed by atoms with Crippen molar-refractivity contribution in [3.8, 4) is 0 Å². The Labute approximate surface area is 101 Å². The number of carbonyl (C=O) groups excluding carboxylic acids is 1. The predicted molar refractivity (Wildman–Crippen MR) is 61.8 cm³/mol. The SMILES string of the molecule is COC(=O)CCS(=O)(=O)NCC1CCC(O)C1. The van der Waals surface area contributed by atoms with Gasteiger partial charge in [-0.3, -0.25) is 4.79 Å². The number of methoxy groups -OCH3 is 1. The van der Waals surface area contributed by atoms with Crippen LogP contribution in [0.1, 0.15) is 25.7 Å². The van der Waals surface area contributed by atoms with Gasteiger partial charge in [-0.2, -0.15) is 0 Å². The molecule has 1 aliphatic rings. The molecule has 0 aromatic heterocycles. The van der Waals surface area contributed by atoms with Gasteiger partial charge in [0.2, 0.25) is 10.0 Å². The maximum atomic E-state index is 11.5. The first-order valence-electron chi connectivity index (χ1n) is 5.65. The highest BCUT2D eigenvalue weighted by molar-refractivity contribution is 7.89. The lowest BCUT2D eigenvalue weighted by molar-refractivity contribution is -0.140. The molecule has 2 atom stereocenters. The van der Waals surface area contributed by atoms with Crippen molar-refractivity contribution in [2.45, 2.75) is 31.8 Å². The first-order valence-corrected chi connectivity index (χ1v) is 7.30. The van der Waals surface area contributed by atoms with Crippen LogP contribution in [0, 0.1) is 5.92 Å². The molecule has 1 fully saturated rings. The van der Waals surface area contributed by atoms with Crippen molar-refractivity contribution in [1.82, 2.24) is 4.72 Å². The van der Waals surface area contributed by atoms with Crippen molar-refractivity contribution >= 4 is 16.0 Å². The largest absolute Gasteiger partial charge is 0.469 e. The second-order valence-electron chi connectivity index (χ2n) is 4.33. The van der Waals surface area contributed by atoms with Crippen LogP contribution in [0.25, 0.3) is 0 Å². The third-order valence-corrected chi connectivity index (χ3v) is 4.26. The molecule has 2 unspecified atom stereocenters. The molecule has 0 radical (unpaired) electrons. The van der Waals surface area contributed by atoms with Crippen molar-refractivity contribution in [2.75, 3.05) is 19.4 Å². The molecule has 6 nitrogen and oxygen atoms in total. The van der Waals surface area contributed by atoms with Gasteiger partial charge in [-0.15, -0.1) is 0 Å². The molecule has 7 heteroatoms. The number of aliphatic hydroxyl groups excluding tert-OH is 1. The number of carbonyl (C=O) groups is 1. The van der Waals surface area contributed by atoms with Gasteiger partial charge in [0.25, 0.3) is 0 Å². The number of hydrogen-bond acceptors (Lipinski definition) is 5. The standard InChI is InChI=1S/C10H19NO5S/c1-16-10(13)4-5-17(14,15)11-7-8-2-3-9(12)6-8/h8-9,11-12H,2-7H2,1H3. The van der Waals surface area contributed by atoms with Crippen LogP contribution in [0.5, 0.6) is 0 Å². The van der Waals surface area contributed by atoms with Crippen molar-refractivity contribution < 1.29 is 23.1 Å². The predicted octanol–water partition coefficient (Wildman–Crippen LogP) is -0.370. The van der Waals surface area contributed by atoms with Crippen LogP contribution < -0.4 is 4.72 Å². The number of esters is 1. The van der Waals surface area contributed by atoms with E-state index in [1.807, 2.05) is 0 Å². The summed E-state index contributed by atoms with van der Waals surface area (Å²) in [6.45, 7) is 0.334. The van der Waals surface area contributed by atoms with Gasteiger partial charge in [-0.25, -0.2) is 13.1 Å². The lowest BCUT2D eigenvalue weighted by Gasteiger charge is -2.11. The summed E-state index contributed by atoms with van der Waals surface area (Å²) >= 11 is 0. The van der Waals surface area contributed by atoms with Crippen LogP contribution in [0.4, 0.5) is 0 Å². The zero-order chi connectivity index (χ0) is 12.9. The third-order valence-electron chi connectivity index (χ3n) is 2.91. The topological polar surface area (TPSA) is 92.7 Å². The van der Waals surface area contributed by atoms with Crippen LogP contribution >= 0.6 is 0 Å². The quantitative estimate of drug-likeness (QED) is 0.639. The van der Waals surface area contributed by atoms with Gasteiger partial charge in [-0.05, 0) is 25.2 Å². The van der Waals surface area contributed by atoms with Gasteiger partial charge >= 0.3 is 5.97 Å². The number of rotatable bonds is 6. The van der Waals surface area contributed by atoms with E-state index in [4.69, 9.17) is 0 Å². The number of aliphatic hydroxyl groups is 1. The molecule has 0 aromatic rings. The fourth-order valence-electron chi connectivity index (χ4n) is 1.87. The minimum atomic E-state index is -3.42. The summed E-state index contributed by atoms with van der Waals surface area (Å²) in [5.41, 5.74) is 0. The molecule has 100 valence electrons. The van der Waals surface area contributed by atoms with E-state index in [1.54, 1.807) is 0 Å². The third kappa shape index (κ3) is 5.47. The Kier molecular flexibility index (Phi) is 5.35. The molecule has 1 rings (SSSR count). The van der Waals surface area contributed by atoms with Crippen molar-refractivity contribution in [1.29, 1.82) is 0 Å². The molecule has 0 saturated heterocycles. The van der Waals surface area contributed by atoms with Crippen LogP contribution in [0.2, 0.25) is 0 Å². The van der Waals surface area contributed by atoms with Gasteiger partial charge in [0.1, 0.15) is 0 Å². The Morgan fingerprint density at radius 3 is 2.71 bits per heavy atom. The Balaban J connectivity index is 2.27. The molecule has 0 aromatic carbocycles. The molecular formula is C10H19NO5S. The molecular weight excluding hydrogens is 246 g/mol. The zero-order valence-corrected chi connectivity index (χ0v) is 10.7. The molecule has 0 amide bonds. The van der Waals surface area contributed by atoms with Crippen LogP contribution in [-0.4, -0.2) is 45.0 Å². The number of hydrogen-bond donors (Lipinski definition) is 2. The van der Waals surface area contributed by atoms with Crippen molar-refractivity contribution in [3.05, 3.63) is 0 Å². The van der Waals surface area contributed by atoms with Gasteiger partial charge in [-0.1, -0.05) is 0 Å². The summed E-state index contributed by atoms with van der Waals surface area (Å²) in [5, 5.41) is 9.30. The van der Waals surface area contributed by atoms with E-state index in [0.29, 0.717) is 13.0 Å². The van der Waals surface area contributed by atoms with E-state index in [2.05, 4.69) is 9.46 Å². The lowest BCUT2D eigenvalue weighted by Crippen LogP contribution is -2.31. The first kappa shape index (κ1) is 14.4. The van der Waals surface area contributed by atoms with Gasteiger partial charge in [0.05, 0.1) is 25.4 Å². The van der Waals surface area contributed by atoms with E-state index in [0.717, 1.165) is 12.8 Å². The monoisotopic (exact) mass is 265 g/mol. The molecule has 0 heterocycles. The van der Waals surface area contributed by atoms with E-state index in [9.17, 15) is 18.3 Å². The van der Waals surface area contributed by atoms with Crippen molar-refractivity contribution in [3.63, 3.8) is 0 Å². The average molecular weight is 265 g/mol. The van der Waals surface area contributed by atoms with Crippen LogP contribution in [-0.2, 0) is 19.6 Å². The van der Waals surface area contributed by atoms with E-state index in [-0.39, 0.29) is 24.2 Å². The number of sulfonamides is 1. The van der Waals surface area contributed by atoms with E-state index in [1.165, 1.54) is 7.11 Å². The van der Waals surface area contributed by atoms with Gasteiger partial charge in [0.15, 0.2) is 0 Å². The average Bonchev–Trinajstić information content (AvgIpc) is 2.70. The van der Waals surface area contributed by atoms with Gasteiger partial charge < -0.3 is 9.84 Å². The van der Waals surface area contributed by atoms with Crippen molar-refractivity contribution in [2.24, 2.45) is 5.92 Å².